The predicted molar refractivity (Wildman–Crippen MR) is 91.2 cm³/mol. The number of alkyl halides is 3. The fourth-order valence-corrected chi connectivity index (χ4v) is 2.78. The van der Waals surface area contributed by atoms with E-state index in [0.717, 1.165) is 6.20 Å². The van der Waals surface area contributed by atoms with Gasteiger partial charge in [-0.1, -0.05) is 6.07 Å². The molecule has 1 aromatic carbocycles. The van der Waals surface area contributed by atoms with E-state index in [4.69, 9.17) is 0 Å². The molecule has 0 saturated carbocycles. The van der Waals surface area contributed by atoms with Crippen LogP contribution in [0.25, 0.3) is 0 Å². The SMILES string of the molecule is CNS(=O)(=O)c1ccc(C)c(C(=O)Nc2ccc(OCC(F)(F)F)nc2)c1. The smallest absolute Gasteiger partial charge is 0.422 e. The summed E-state index contributed by atoms with van der Waals surface area (Å²) in [5.41, 5.74) is 0.880. The molecular formula is C16H16F3N3O4S. The number of ether oxygens (including phenoxy) is 1. The van der Waals surface area contributed by atoms with E-state index in [1.165, 1.54) is 37.4 Å². The lowest BCUT2D eigenvalue weighted by atomic mass is 10.1. The summed E-state index contributed by atoms with van der Waals surface area (Å²) in [5, 5.41) is 2.50. The van der Waals surface area contributed by atoms with E-state index >= 15 is 0 Å². The van der Waals surface area contributed by atoms with Crippen LogP contribution in [0.5, 0.6) is 5.88 Å². The van der Waals surface area contributed by atoms with Crippen molar-refractivity contribution < 1.29 is 31.1 Å². The van der Waals surface area contributed by atoms with Gasteiger partial charge in [-0.15, -0.1) is 0 Å². The Balaban J connectivity index is 2.14. The molecule has 0 saturated heterocycles. The van der Waals surface area contributed by atoms with E-state index in [0.29, 0.717) is 5.56 Å². The number of aryl methyl sites for hydroxylation is 1. The lowest BCUT2D eigenvalue weighted by Gasteiger charge is -2.11. The summed E-state index contributed by atoms with van der Waals surface area (Å²) >= 11 is 0. The molecule has 0 fully saturated rings. The van der Waals surface area contributed by atoms with E-state index < -0.39 is 28.7 Å². The maximum absolute atomic E-state index is 12.4. The second kappa shape index (κ2) is 7.92. The van der Waals surface area contributed by atoms with E-state index in [2.05, 4.69) is 19.8 Å². The van der Waals surface area contributed by atoms with Crippen molar-refractivity contribution in [1.82, 2.24) is 9.71 Å². The number of hydrogen-bond donors (Lipinski definition) is 2. The molecule has 0 aliphatic heterocycles. The van der Waals surface area contributed by atoms with Crippen LogP contribution in [0.3, 0.4) is 0 Å². The molecule has 0 aliphatic rings. The molecule has 0 bridgehead atoms. The van der Waals surface area contributed by atoms with Crippen LogP contribution in [0.15, 0.2) is 41.4 Å². The Morgan fingerprint density at radius 2 is 1.93 bits per heavy atom. The summed E-state index contributed by atoms with van der Waals surface area (Å²) < 4.78 is 66.7. The van der Waals surface area contributed by atoms with Gasteiger partial charge >= 0.3 is 6.18 Å². The highest BCUT2D eigenvalue weighted by Crippen LogP contribution is 2.20. The molecule has 0 aliphatic carbocycles. The molecule has 2 aromatic rings. The van der Waals surface area contributed by atoms with Gasteiger partial charge in [0.15, 0.2) is 6.61 Å². The van der Waals surface area contributed by atoms with Crippen LogP contribution >= 0.6 is 0 Å². The van der Waals surface area contributed by atoms with Gasteiger partial charge in [0.05, 0.1) is 16.8 Å². The van der Waals surface area contributed by atoms with Crippen LogP contribution in [-0.4, -0.2) is 39.1 Å². The number of nitrogens with zero attached hydrogens (tertiary/aromatic N) is 1. The van der Waals surface area contributed by atoms with E-state index in [-0.39, 0.29) is 22.0 Å². The second-order valence-corrected chi connectivity index (χ2v) is 7.31. The topological polar surface area (TPSA) is 97.4 Å². The van der Waals surface area contributed by atoms with Gasteiger partial charge in [-0.2, -0.15) is 13.2 Å². The average molecular weight is 403 g/mol. The molecule has 1 heterocycles. The van der Waals surface area contributed by atoms with E-state index in [9.17, 15) is 26.4 Å². The predicted octanol–water partition coefficient (Wildman–Crippen LogP) is 2.49. The maximum atomic E-state index is 12.4. The molecule has 0 radical (unpaired) electrons. The van der Waals surface area contributed by atoms with Gasteiger partial charge in [0.1, 0.15) is 0 Å². The number of nitrogens with one attached hydrogen (secondary N) is 2. The molecule has 0 spiro atoms. The molecule has 1 aromatic heterocycles. The summed E-state index contributed by atoms with van der Waals surface area (Å²) in [6, 6.07) is 6.58. The van der Waals surface area contributed by atoms with Gasteiger partial charge in [-0.05, 0) is 37.7 Å². The largest absolute Gasteiger partial charge is 0.468 e. The highest BCUT2D eigenvalue weighted by Gasteiger charge is 2.28. The molecule has 11 heteroatoms. The summed E-state index contributed by atoms with van der Waals surface area (Å²) in [7, 11) is -2.47. The Morgan fingerprint density at radius 1 is 1.22 bits per heavy atom. The number of benzene rings is 1. The van der Waals surface area contributed by atoms with Gasteiger partial charge in [0.25, 0.3) is 5.91 Å². The minimum atomic E-state index is -4.48. The zero-order valence-corrected chi connectivity index (χ0v) is 15.1. The Labute approximate surface area is 153 Å². The molecule has 0 atom stereocenters. The number of rotatable bonds is 6. The number of halogens is 3. The third-order valence-electron chi connectivity index (χ3n) is 3.41. The minimum Gasteiger partial charge on any atom is -0.468 e. The van der Waals surface area contributed by atoms with Crippen molar-refractivity contribution in [2.45, 2.75) is 18.0 Å². The van der Waals surface area contributed by atoms with Crippen molar-refractivity contribution in [3.8, 4) is 5.88 Å². The summed E-state index contributed by atoms with van der Waals surface area (Å²) in [4.78, 5) is 16.0. The van der Waals surface area contributed by atoms with Crippen molar-refractivity contribution >= 4 is 21.6 Å². The maximum Gasteiger partial charge on any atom is 0.422 e. The van der Waals surface area contributed by atoms with Crippen LogP contribution in [0.4, 0.5) is 18.9 Å². The first kappa shape index (κ1) is 20.6. The number of aromatic nitrogens is 1. The van der Waals surface area contributed by atoms with Gasteiger partial charge < -0.3 is 10.1 Å². The number of hydrogen-bond acceptors (Lipinski definition) is 5. The number of carbonyl (C=O) groups excluding carboxylic acids is 1. The van der Waals surface area contributed by atoms with Crippen molar-refractivity contribution in [3.63, 3.8) is 0 Å². The fourth-order valence-electron chi connectivity index (χ4n) is 2.02. The summed E-state index contributed by atoms with van der Waals surface area (Å²) in [6.45, 7) is 0.161. The Bertz CT molecular complexity index is 929. The van der Waals surface area contributed by atoms with Crippen molar-refractivity contribution in [2.24, 2.45) is 0 Å². The monoisotopic (exact) mass is 403 g/mol. The van der Waals surface area contributed by atoms with Crippen molar-refractivity contribution in [3.05, 3.63) is 47.7 Å². The number of pyridine rings is 1. The van der Waals surface area contributed by atoms with Crippen LogP contribution < -0.4 is 14.8 Å². The average Bonchev–Trinajstić information content (AvgIpc) is 2.60. The van der Waals surface area contributed by atoms with Gasteiger partial charge in [0.2, 0.25) is 15.9 Å². The number of sulfonamides is 1. The molecule has 27 heavy (non-hydrogen) atoms. The van der Waals surface area contributed by atoms with Crippen molar-refractivity contribution in [1.29, 1.82) is 0 Å². The molecule has 0 unspecified atom stereocenters. The third kappa shape index (κ3) is 5.66. The highest BCUT2D eigenvalue weighted by atomic mass is 32.2. The molecule has 2 N–H and O–H groups in total. The first-order chi connectivity index (χ1) is 12.5. The second-order valence-electron chi connectivity index (χ2n) is 5.43. The number of amides is 1. The van der Waals surface area contributed by atoms with E-state index in [1.807, 2.05) is 0 Å². The van der Waals surface area contributed by atoms with Gasteiger partial charge in [0, 0.05) is 11.6 Å². The van der Waals surface area contributed by atoms with Crippen LogP contribution in [0.2, 0.25) is 0 Å². The van der Waals surface area contributed by atoms with Crippen LogP contribution in [0.1, 0.15) is 15.9 Å². The number of carbonyl (C=O) groups is 1. The van der Waals surface area contributed by atoms with Crippen molar-refractivity contribution in [2.75, 3.05) is 19.0 Å². The Hall–Kier alpha value is -2.66. The number of anilines is 1. The first-order valence-corrected chi connectivity index (χ1v) is 9.01. The lowest BCUT2D eigenvalue weighted by Crippen LogP contribution is -2.20. The molecule has 7 nitrogen and oxygen atoms in total. The molecule has 2 rings (SSSR count). The molecule has 1 amide bonds. The third-order valence-corrected chi connectivity index (χ3v) is 4.82. The highest BCUT2D eigenvalue weighted by molar-refractivity contribution is 7.89. The van der Waals surface area contributed by atoms with Gasteiger partial charge in [-0.25, -0.2) is 18.1 Å². The quantitative estimate of drug-likeness (QED) is 0.772. The van der Waals surface area contributed by atoms with Gasteiger partial charge in [-0.3, -0.25) is 4.79 Å². The Morgan fingerprint density at radius 3 is 2.48 bits per heavy atom. The molecular weight excluding hydrogens is 387 g/mol. The zero-order chi connectivity index (χ0) is 20.2. The first-order valence-electron chi connectivity index (χ1n) is 7.53. The summed E-state index contributed by atoms with van der Waals surface area (Å²) in [6.07, 6.45) is -3.35. The molecule has 146 valence electrons. The fraction of sp³-hybridized carbons (Fsp3) is 0.250. The van der Waals surface area contributed by atoms with Crippen LogP contribution in [0, 0.1) is 6.92 Å². The summed E-state index contributed by atoms with van der Waals surface area (Å²) in [5.74, 6) is -0.838. The van der Waals surface area contributed by atoms with Crippen LogP contribution in [-0.2, 0) is 10.0 Å². The Kier molecular flexibility index (Phi) is 6.06. The lowest BCUT2D eigenvalue weighted by molar-refractivity contribution is -0.154. The van der Waals surface area contributed by atoms with E-state index in [1.54, 1.807) is 6.92 Å². The zero-order valence-electron chi connectivity index (χ0n) is 14.3. The minimum absolute atomic E-state index is 0.0743. The standard InChI is InChI=1S/C16H16F3N3O4S/c1-10-3-5-12(27(24,25)20-2)7-13(10)15(23)22-11-4-6-14(21-8-11)26-9-16(17,18)19/h3-8,20H,9H2,1-2H3,(H,22,23). The normalized spacial score (nSPS) is 11.9.